The van der Waals surface area contributed by atoms with E-state index in [0.717, 1.165) is 11.1 Å². The lowest BCUT2D eigenvalue weighted by Gasteiger charge is -2.16. The molecule has 0 aliphatic heterocycles. The molecule has 7 heteroatoms. The smallest absolute Gasteiger partial charge is 0.269 e. The van der Waals surface area contributed by atoms with Crippen molar-refractivity contribution in [3.63, 3.8) is 0 Å². The molecule has 0 unspecified atom stereocenters. The Morgan fingerprint density at radius 1 is 0.957 bits per heavy atom. The molecule has 2 aromatic rings. The van der Waals surface area contributed by atoms with E-state index >= 15 is 0 Å². The van der Waals surface area contributed by atoms with Crippen molar-refractivity contribution in [3.8, 4) is 0 Å². The molecule has 2 aromatic carbocycles. The normalized spacial score (nSPS) is 11.3. The summed E-state index contributed by atoms with van der Waals surface area (Å²) >= 11 is 0. The molecular weight excluding hydrogens is 316 g/mol. The molecule has 0 heterocycles. The number of non-ortho nitro benzene ring substituents is 1. The first-order chi connectivity index (χ1) is 10.6. The van der Waals surface area contributed by atoms with Crippen LogP contribution in [0.15, 0.2) is 35.2 Å². The second-order valence-electron chi connectivity index (χ2n) is 5.50. The van der Waals surface area contributed by atoms with Crippen LogP contribution in [0.5, 0.6) is 0 Å². The van der Waals surface area contributed by atoms with E-state index in [4.69, 9.17) is 0 Å². The predicted octanol–water partition coefficient (Wildman–Crippen LogP) is 3.63. The van der Waals surface area contributed by atoms with Gasteiger partial charge in [0.1, 0.15) is 0 Å². The number of aryl methyl sites for hydroxylation is 2. The van der Waals surface area contributed by atoms with Crippen LogP contribution in [-0.4, -0.2) is 13.3 Å². The molecule has 0 radical (unpaired) electrons. The summed E-state index contributed by atoms with van der Waals surface area (Å²) in [5.41, 5.74) is 3.39. The van der Waals surface area contributed by atoms with Gasteiger partial charge in [-0.25, -0.2) is 8.42 Å². The second kappa shape index (κ2) is 6.00. The second-order valence-corrected chi connectivity index (χ2v) is 7.12. The quantitative estimate of drug-likeness (QED) is 0.683. The van der Waals surface area contributed by atoms with Crippen LogP contribution in [0.25, 0.3) is 0 Å². The van der Waals surface area contributed by atoms with E-state index in [2.05, 4.69) is 4.72 Å². The maximum atomic E-state index is 12.7. The molecule has 23 heavy (non-hydrogen) atoms. The van der Waals surface area contributed by atoms with Gasteiger partial charge in [0.25, 0.3) is 15.7 Å². The lowest BCUT2D eigenvalue weighted by molar-refractivity contribution is -0.384. The molecule has 0 aromatic heterocycles. The van der Waals surface area contributed by atoms with Crippen molar-refractivity contribution >= 4 is 21.4 Å². The van der Waals surface area contributed by atoms with Gasteiger partial charge in [-0.15, -0.1) is 0 Å². The number of sulfonamides is 1. The first kappa shape index (κ1) is 17.0. The van der Waals surface area contributed by atoms with Crippen molar-refractivity contribution in [1.29, 1.82) is 0 Å². The van der Waals surface area contributed by atoms with Gasteiger partial charge in [0.05, 0.1) is 9.82 Å². The maximum absolute atomic E-state index is 12.7. The van der Waals surface area contributed by atoms with Crippen LogP contribution in [0.4, 0.5) is 11.4 Å². The largest absolute Gasteiger partial charge is 0.280 e. The molecule has 0 spiro atoms. The van der Waals surface area contributed by atoms with E-state index in [1.54, 1.807) is 13.8 Å². The topological polar surface area (TPSA) is 89.3 Å². The molecule has 6 nitrogen and oxygen atoms in total. The zero-order valence-electron chi connectivity index (χ0n) is 13.4. The summed E-state index contributed by atoms with van der Waals surface area (Å²) < 4.78 is 27.9. The monoisotopic (exact) mass is 334 g/mol. The Morgan fingerprint density at radius 2 is 1.43 bits per heavy atom. The van der Waals surface area contributed by atoms with Gasteiger partial charge in [0.15, 0.2) is 0 Å². The number of benzene rings is 2. The number of rotatable bonds is 4. The first-order valence-corrected chi connectivity index (χ1v) is 8.46. The Bertz CT molecular complexity index is 846. The molecule has 1 N–H and O–H groups in total. The molecule has 0 saturated carbocycles. The molecule has 0 bridgehead atoms. The minimum Gasteiger partial charge on any atom is -0.280 e. The van der Waals surface area contributed by atoms with Crippen LogP contribution < -0.4 is 4.72 Å². The number of hydrogen-bond donors (Lipinski definition) is 1. The Balaban J connectivity index is 2.46. The van der Waals surface area contributed by atoms with Gasteiger partial charge in [-0.1, -0.05) is 6.07 Å². The molecule has 0 aliphatic rings. The van der Waals surface area contributed by atoms with E-state index in [1.165, 1.54) is 24.3 Å². The Kier molecular flexibility index (Phi) is 4.42. The standard InChI is InChI=1S/C16H18N2O4S/c1-10-9-11(2)13(4)16(12(10)3)23(21,22)17-14-5-7-15(8-6-14)18(19)20/h5-9,17H,1-4H3. The van der Waals surface area contributed by atoms with Gasteiger partial charge in [-0.3, -0.25) is 14.8 Å². The Morgan fingerprint density at radius 3 is 1.87 bits per heavy atom. The Labute approximate surface area is 135 Å². The van der Waals surface area contributed by atoms with Gasteiger partial charge >= 0.3 is 0 Å². The van der Waals surface area contributed by atoms with E-state index in [0.29, 0.717) is 11.1 Å². The van der Waals surface area contributed by atoms with Crippen LogP contribution in [0.3, 0.4) is 0 Å². The fraction of sp³-hybridized carbons (Fsp3) is 0.250. The lowest BCUT2D eigenvalue weighted by atomic mass is 10.0. The summed E-state index contributed by atoms with van der Waals surface area (Å²) in [5, 5.41) is 10.7. The van der Waals surface area contributed by atoms with Gasteiger partial charge < -0.3 is 0 Å². The van der Waals surface area contributed by atoms with Crippen LogP contribution in [0.2, 0.25) is 0 Å². The third-order valence-electron chi connectivity index (χ3n) is 3.90. The van der Waals surface area contributed by atoms with Crippen molar-refractivity contribution < 1.29 is 13.3 Å². The van der Waals surface area contributed by atoms with E-state index in [1.807, 2.05) is 19.9 Å². The number of hydrogen-bond acceptors (Lipinski definition) is 4. The van der Waals surface area contributed by atoms with Crippen LogP contribution in [-0.2, 0) is 10.0 Å². The highest BCUT2D eigenvalue weighted by Gasteiger charge is 2.22. The minimum atomic E-state index is -3.77. The average molecular weight is 334 g/mol. The number of nitrogens with zero attached hydrogens (tertiary/aromatic N) is 1. The lowest BCUT2D eigenvalue weighted by Crippen LogP contribution is -2.17. The molecule has 0 fully saturated rings. The predicted molar refractivity (Wildman–Crippen MR) is 89.3 cm³/mol. The van der Waals surface area contributed by atoms with Crippen molar-refractivity contribution in [2.45, 2.75) is 32.6 Å². The van der Waals surface area contributed by atoms with Crippen molar-refractivity contribution in [3.05, 3.63) is 62.7 Å². The molecule has 2 rings (SSSR count). The maximum Gasteiger partial charge on any atom is 0.269 e. The van der Waals surface area contributed by atoms with Gasteiger partial charge in [-0.2, -0.15) is 0 Å². The van der Waals surface area contributed by atoms with E-state index in [9.17, 15) is 18.5 Å². The number of nitro groups is 1. The SMILES string of the molecule is Cc1cc(C)c(C)c(S(=O)(=O)Nc2ccc([N+](=O)[O-])cc2)c1C. The van der Waals surface area contributed by atoms with E-state index in [-0.39, 0.29) is 16.3 Å². The summed E-state index contributed by atoms with van der Waals surface area (Å²) in [4.78, 5) is 10.4. The van der Waals surface area contributed by atoms with Crippen LogP contribution in [0, 0.1) is 37.8 Å². The molecule has 122 valence electrons. The van der Waals surface area contributed by atoms with Crippen molar-refractivity contribution in [2.75, 3.05) is 4.72 Å². The highest BCUT2D eigenvalue weighted by molar-refractivity contribution is 7.92. The number of nitrogens with one attached hydrogen (secondary N) is 1. The molecule has 0 amide bonds. The number of anilines is 1. The van der Waals surface area contributed by atoms with Gasteiger partial charge in [-0.05, 0) is 62.1 Å². The third kappa shape index (κ3) is 3.34. The highest BCUT2D eigenvalue weighted by Crippen LogP contribution is 2.28. The van der Waals surface area contributed by atoms with Gasteiger partial charge in [0.2, 0.25) is 0 Å². The summed E-state index contributed by atoms with van der Waals surface area (Å²) in [7, 11) is -3.77. The fourth-order valence-corrected chi connectivity index (χ4v) is 4.12. The summed E-state index contributed by atoms with van der Waals surface area (Å²) in [6.45, 7) is 7.28. The van der Waals surface area contributed by atoms with Crippen molar-refractivity contribution in [1.82, 2.24) is 0 Å². The summed E-state index contributed by atoms with van der Waals surface area (Å²) in [6.07, 6.45) is 0. The molecular formula is C16H18N2O4S. The molecule has 0 atom stereocenters. The average Bonchev–Trinajstić information content (AvgIpc) is 2.45. The fourth-order valence-electron chi connectivity index (χ4n) is 2.44. The van der Waals surface area contributed by atoms with Gasteiger partial charge in [0, 0.05) is 17.8 Å². The van der Waals surface area contributed by atoms with E-state index < -0.39 is 14.9 Å². The zero-order valence-corrected chi connectivity index (χ0v) is 14.2. The first-order valence-electron chi connectivity index (χ1n) is 6.98. The van der Waals surface area contributed by atoms with Crippen molar-refractivity contribution in [2.24, 2.45) is 0 Å². The minimum absolute atomic E-state index is 0.0910. The third-order valence-corrected chi connectivity index (χ3v) is 5.55. The van der Waals surface area contributed by atoms with Crippen LogP contribution in [0.1, 0.15) is 22.3 Å². The molecule has 0 aliphatic carbocycles. The molecule has 0 saturated heterocycles. The zero-order chi connectivity index (χ0) is 17.4. The number of nitro benzene ring substituents is 1. The highest BCUT2D eigenvalue weighted by atomic mass is 32.2. The summed E-state index contributed by atoms with van der Waals surface area (Å²) in [5.74, 6) is 0. The Hall–Kier alpha value is -2.41. The van der Waals surface area contributed by atoms with Crippen LogP contribution >= 0.6 is 0 Å². The summed E-state index contributed by atoms with van der Waals surface area (Å²) in [6, 6.07) is 7.24.